The third-order valence-electron chi connectivity index (χ3n) is 11.9. The Hall–Kier alpha value is -3.09. The fraction of sp³-hybridized carbons (Fsp3) is 0.723. The number of esters is 2. The predicted octanol–water partition coefficient (Wildman–Crippen LogP) is 4.24. The molecule has 3 heterocycles. The number of cyclic esters (lactones) is 1. The van der Waals surface area contributed by atoms with Crippen LogP contribution in [0.5, 0.6) is 0 Å². The summed E-state index contributed by atoms with van der Waals surface area (Å²) in [6.07, 6.45) is -2.85. The molecule has 0 bridgehead atoms. The molecule has 350 valence electrons. The van der Waals surface area contributed by atoms with Crippen molar-refractivity contribution in [3.05, 3.63) is 60.2 Å². The SMILES string of the molecule is CO[C@@H]1[C@@H](O[C@@H]2O[C@H](C)[C@@H](O[C@H]3C[C@@](C)(O)[C@@H](OC(=O)CC(C)C)[C@H](C)O3)[C@H](N(C)C)[C@H]2O)[C@@H](CCNCc2ccccc2)C[C@@H](C)C(=O)/C=C/C=C/C[C@@H](C)OC(=O)C[C@@H]1O. The number of carbonyl (C=O) groups excluding carboxylic acids is 3. The second-order valence-corrected chi connectivity index (χ2v) is 18.2. The van der Waals surface area contributed by atoms with Crippen molar-refractivity contribution in [2.24, 2.45) is 17.8 Å². The van der Waals surface area contributed by atoms with Gasteiger partial charge < -0.3 is 58.7 Å². The first kappa shape index (κ1) is 51.5. The number of nitrogens with one attached hydrogen (secondary N) is 1. The summed E-state index contributed by atoms with van der Waals surface area (Å²) in [6, 6.07) is 9.21. The molecular formula is C47H74N2O13. The van der Waals surface area contributed by atoms with Gasteiger partial charge in [0, 0.05) is 38.8 Å². The molecular weight excluding hydrogens is 801 g/mol. The lowest BCUT2D eigenvalue weighted by Crippen LogP contribution is -2.66. The van der Waals surface area contributed by atoms with Gasteiger partial charge in [0.15, 0.2) is 24.5 Å². The van der Waals surface area contributed by atoms with Crippen molar-refractivity contribution in [3.8, 4) is 0 Å². The summed E-state index contributed by atoms with van der Waals surface area (Å²) in [5.74, 6) is -1.96. The summed E-state index contributed by atoms with van der Waals surface area (Å²) in [6.45, 7) is 13.6. The number of ether oxygens (including phenoxy) is 7. The van der Waals surface area contributed by atoms with Gasteiger partial charge in [-0.25, -0.2) is 0 Å². The largest absolute Gasteiger partial charge is 0.462 e. The molecule has 2 saturated heterocycles. The number of hydrogen-bond donors (Lipinski definition) is 4. The number of allylic oxidation sites excluding steroid dienone is 3. The average Bonchev–Trinajstić information content (AvgIpc) is 3.18. The number of likely N-dealkylation sites (N-methyl/N-ethyl adjacent to an activating group) is 1. The number of nitrogens with zero attached hydrogens (tertiary/aromatic N) is 1. The zero-order valence-electron chi connectivity index (χ0n) is 38.4. The second kappa shape index (κ2) is 24.3. The van der Waals surface area contributed by atoms with E-state index in [2.05, 4.69) is 5.32 Å². The third kappa shape index (κ3) is 15.0. The smallest absolute Gasteiger partial charge is 0.308 e. The van der Waals surface area contributed by atoms with Crippen molar-refractivity contribution in [2.75, 3.05) is 27.7 Å². The van der Waals surface area contributed by atoms with Gasteiger partial charge in [0.1, 0.15) is 30.0 Å². The van der Waals surface area contributed by atoms with Gasteiger partial charge in [0.05, 0.1) is 36.9 Å². The van der Waals surface area contributed by atoms with Crippen molar-refractivity contribution in [2.45, 2.75) is 173 Å². The van der Waals surface area contributed by atoms with Crippen molar-refractivity contribution in [1.82, 2.24) is 10.2 Å². The Kier molecular flexibility index (Phi) is 20.2. The Bertz CT molecular complexity index is 1600. The standard InChI is InChI=1S/C47H74N2O13/c1-28(2)23-37(52)60-45-32(6)58-39(26-47(45,7)55)61-42-31(5)59-46(41(54)40(42)49(8)9)62-43-34(21-22-48-27-33-18-14-12-15-19-33)24-29(3)35(50)20-16-11-13-17-30(4)57-38(53)25-36(51)44(43)56-10/h11-16,18-20,28-32,34,36,39-46,48,51,54-55H,17,21-27H2,1-10H3/b13-11+,20-16+/t29-,30-,31-,32+,34+,36+,39+,40-,41-,42-,43+,44+,45+,46+,47-/m1/s1. The maximum atomic E-state index is 13.5. The van der Waals surface area contributed by atoms with Crippen LogP contribution in [-0.2, 0) is 54.1 Å². The molecule has 0 radical (unpaired) electrons. The first-order chi connectivity index (χ1) is 29.3. The summed E-state index contributed by atoms with van der Waals surface area (Å²) >= 11 is 0. The molecule has 0 unspecified atom stereocenters. The van der Waals surface area contributed by atoms with Gasteiger partial charge in [-0.1, -0.05) is 69.3 Å². The third-order valence-corrected chi connectivity index (χ3v) is 11.9. The van der Waals surface area contributed by atoms with Crippen LogP contribution in [0.25, 0.3) is 0 Å². The normalized spacial score (nSPS) is 37.8. The molecule has 3 aliphatic heterocycles. The van der Waals surface area contributed by atoms with Crippen molar-refractivity contribution in [3.63, 3.8) is 0 Å². The van der Waals surface area contributed by atoms with E-state index in [0.717, 1.165) is 5.56 Å². The molecule has 0 amide bonds. The number of aliphatic hydroxyl groups excluding tert-OH is 2. The topological polar surface area (TPSA) is 192 Å². The van der Waals surface area contributed by atoms with E-state index in [1.165, 1.54) is 13.2 Å². The second-order valence-electron chi connectivity index (χ2n) is 18.2. The number of methoxy groups -OCH3 is 1. The fourth-order valence-electron chi connectivity index (χ4n) is 8.72. The Labute approximate surface area is 368 Å². The Balaban J connectivity index is 1.63. The number of carbonyl (C=O) groups is 3. The molecule has 3 aliphatic rings. The quantitative estimate of drug-likeness (QED) is 0.153. The molecule has 1 aromatic carbocycles. The molecule has 0 saturated carbocycles. The van der Waals surface area contributed by atoms with Crippen LogP contribution < -0.4 is 5.32 Å². The highest BCUT2D eigenvalue weighted by Crippen LogP contribution is 2.37. The van der Waals surface area contributed by atoms with Crippen LogP contribution in [-0.4, -0.2) is 145 Å². The molecule has 4 rings (SSSR count). The lowest BCUT2D eigenvalue weighted by Gasteiger charge is -2.50. The van der Waals surface area contributed by atoms with Gasteiger partial charge >= 0.3 is 11.9 Å². The van der Waals surface area contributed by atoms with Crippen LogP contribution in [0.1, 0.15) is 92.6 Å². The van der Waals surface area contributed by atoms with Crippen LogP contribution in [0.15, 0.2) is 54.6 Å². The molecule has 0 aliphatic carbocycles. The predicted molar refractivity (Wildman–Crippen MR) is 231 cm³/mol. The van der Waals surface area contributed by atoms with Crippen LogP contribution >= 0.6 is 0 Å². The van der Waals surface area contributed by atoms with E-state index in [1.54, 1.807) is 58.8 Å². The van der Waals surface area contributed by atoms with Crippen molar-refractivity contribution in [1.29, 1.82) is 0 Å². The first-order valence-electron chi connectivity index (χ1n) is 22.2. The van der Waals surface area contributed by atoms with E-state index in [1.807, 2.05) is 57.2 Å². The molecule has 1 aromatic rings. The highest BCUT2D eigenvalue weighted by Gasteiger charge is 2.52. The summed E-state index contributed by atoms with van der Waals surface area (Å²) in [7, 11) is 5.01. The maximum Gasteiger partial charge on any atom is 0.308 e. The zero-order chi connectivity index (χ0) is 45.7. The number of ketones is 1. The van der Waals surface area contributed by atoms with E-state index in [0.29, 0.717) is 32.4 Å². The molecule has 0 aromatic heterocycles. The van der Waals surface area contributed by atoms with Crippen molar-refractivity contribution >= 4 is 17.7 Å². The molecule has 15 heteroatoms. The highest BCUT2D eigenvalue weighted by molar-refractivity contribution is 5.91. The summed E-state index contributed by atoms with van der Waals surface area (Å²) in [5.41, 5.74) is -0.384. The van der Waals surface area contributed by atoms with Gasteiger partial charge in [-0.3, -0.25) is 14.4 Å². The van der Waals surface area contributed by atoms with Crippen LogP contribution in [0.4, 0.5) is 0 Å². The van der Waals surface area contributed by atoms with Crippen LogP contribution in [0.3, 0.4) is 0 Å². The van der Waals surface area contributed by atoms with E-state index in [4.69, 9.17) is 33.2 Å². The monoisotopic (exact) mass is 875 g/mol. The van der Waals surface area contributed by atoms with Crippen molar-refractivity contribution < 1.29 is 62.9 Å². The lowest BCUT2D eigenvalue weighted by molar-refractivity contribution is -0.344. The first-order valence-corrected chi connectivity index (χ1v) is 22.2. The minimum absolute atomic E-state index is 0.0184. The van der Waals surface area contributed by atoms with E-state index in [-0.39, 0.29) is 31.0 Å². The molecule has 4 N–H and O–H groups in total. The molecule has 15 atom stereocenters. The van der Waals surface area contributed by atoms with Gasteiger partial charge in [-0.2, -0.15) is 0 Å². The summed E-state index contributed by atoms with van der Waals surface area (Å²) < 4.78 is 43.3. The van der Waals surface area contributed by atoms with Crippen LogP contribution in [0.2, 0.25) is 0 Å². The zero-order valence-corrected chi connectivity index (χ0v) is 38.4. The Morgan fingerprint density at radius 3 is 2.34 bits per heavy atom. The minimum atomic E-state index is -1.48. The molecule has 0 spiro atoms. The maximum absolute atomic E-state index is 13.5. The summed E-state index contributed by atoms with van der Waals surface area (Å²) in [4.78, 5) is 41.0. The number of rotatable bonds is 14. The molecule has 2 fully saturated rings. The van der Waals surface area contributed by atoms with Gasteiger partial charge in [-0.05, 0) is 84.7 Å². The highest BCUT2D eigenvalue weighted by atomic mass is 16.7. The Morgan fingerprint density at radius 1 is 0.984 bits per heavy atom. The number of aliphatic hydroxyl groups is 3. The summed E-state index contributed by atoms with van der Waals surface area (Å²) in [5, 5.41) is 38.9. The fourth-order valence-corrected chi connectivity index (χ4v) is 8.72. The number of benzene rings is 1. The van der Waals surface area contributed by atoms with Gasteiger partial charge in [0.2, 0.25) is 0 Å². The minimum Gasteiger partial charge on any atom is -0.462 e. The van der Waals surface area contributed by atoms with Gasteiger partial charge in [-0.15, -0.1) is 0 Å². The van der Waals surface area contributed by atoms with E-state index in [9.17, 15) is 29.7 Å². The lowest BCUT2D eigenvalue weighted by atomic mass is 9.82. The Morgan fingerprint density at radius 2 is 1.69 bits per heavy atom. The molecule has 15 nitrogen and oxygen atoms in total. The van der Waals surface area contributed by atoms with E-state index >= 15 is 0 Å². The molecule has 62 heavy (non-hydrogen) atoms. The van der Waals surface area contributed by atoms with Gasteiger partial charge in [0.25, 0.3) is 0 Å². The van der Waals surface area contributed by atoms with Crippen LogP contribution in [0, 0.1) is 17.8 Å². The number of hydrogen-bond acceptors (Lipinski definition) is 15. The average molecular weight is 875 g/mol. The van der Waals surface area contributed by atoms with E-state index < -0.39 is 103 Å².